The summed E-state index contributed by atoms with van der Waals surface area (Å²) in [7, 11) is 0. The third-order valence-electron chi connectivity index (χ3n) is 2.74. The fourth-order valence-electron chi connectivity index (χ4n) is 1.64. The van der Waals surface area contributed by atoms with Crippen LogP contribution in [0.15, 0.2) is 28.7 Å². The summed E-state index contributed by atoms with van der Waals surface area (Å²) in [4.78, 5) is 7.57. The van der Waals surface area contributed by atoms with Crippen LogP contribution >= 0.6 is 28.1 Å². The van der Waals surface area contributed by atoms with Gasteiger partial charge in [-0.05, 0) is 40.2 Å². The van der Waals surface area contributed by atoms with Gasteiger partial charge in [-0.15, -0.1) is 0 Å². The summed E-state index contributed by atoms with van der Waals surface area (Å²) < 4.78 is 14.2. The van der Waals surface area contributed by atoms with Crippen molar-refractivity contribution in [2.75, 3.05) is 0 Å². The third-order valence-corrected chi connectivity index (χ3v) is 3.56. The third kappa shape index (κ3) is 3.28. The first-order valence-corrected chi connectivity index (χ1v) is 7.05. The van der Waals surface area contributed by atoms with Gasteiger partial charge in [0.25, 0.3) is 0 Å². The molecular weight excluding hydrogens is 327 g/mol. The lowest BCUT2D eigenvalue weighted by molar-refractivity contribution is 0.567. The predicted octanol–water partition coefficient (Wildman–Crippen LogP) is 5.01. The zero-order valence-electron chi connectivity index (χ0n) is 10.9. The summed E-state index contributed by atoms with van der Waals surface area (Å²) in [6.07, 6.45) is 0. The van der Waals surface area contributed by atoms with Crippen LogP contribution in [0.5, 0.6) is 0 Å². The maximum atomic E-state index is 13.3. The Morgan fingerprint density at radius 1 is 1.26 bits per heavy atom. The van der Waals surface area contributed by atoms with E-state index in [9.17, 15) is 4.39 Å². The Morgan fingerprint density at radius 3 is 2.53 bits per heavy atom. The fourth-order valence-corrected chi connectivity index (χ4v) is 2.23. The van der Waals surface area contributed by atoms with Crippen LogP contribution < -0.4 is 0 Å². The zero-order valence-corrected chi connectivity index (χ0v) is 13.3. The molecule has 0 atom stereocenters. The summed E-state index contributed by atoms with van der Waals surface area (Å²) in [6, 6.07) is 6.63. The molecule has 1 aromatic heterocycles. The number of aromatic amines is 1. The standard InChI is InChI=1S/C14H14BrFN2S/c1-14(2,3)11-7-12(19)18-13(17-11)8-4-5-10(16)9(15)6-8/h4-7H,1-3H3,(H,17,18,19). The lowest BCUT2D eigenvalue weighted by atomic mass is 9.92. The average Bonchev–Trinajstić information content (AvgIpc) is 2.31. The normalized spacial score (nSPS) is 11.6. The first-order valence-electron chi connectivity index (χ1n) is 5.84. The van der Waals surface area contributed by atoms with E-state index in [0.29, 0.717) is 14.9 Å². The van der Waals surface area contributed by atoms with Crippen molar-refractivity contribution in [2.45, 2.75) is 26.2 Å². The Balaban J connectivity index is 2.59. The zero-order chi connectivity index (χ0) is 14.2. The van der Waals surface area contributed by atoms with E-state index in [1.54, 1.807) is 12.1 Å². The minimum atomic E-state index is -0.297. The minimum Gasteiger partial charge on any atom is -0.343 e. The van der Waals surface area contributed by atoms with Crippen LogP contribution in [0.25, 0.3) is 11.4 Å². The highest BCUT2D eigenvalue weighted by molar-refractivity contribution is 9.10. The number of nitrogens with zero attached hydrogens (tertiary/aromatic N) is 1. The molecule has 2 rings (SSSR count). The first-order chi connectivity index (χ1) is 8.77. The largest absolute Gasteiger partial charge is 0.343 e. The van der Waals surface area contributed by atoms with Crippen molar-refractivity contribution < 1.29 is 4.39 Å². The number of rotatable bonds is 1. The maximum absolute atomic E-state index is 13.3. The molecule has 1 aromatic carbocycles. The highest BCUT2D eigenvalue weighted by Gasteiger charge is 2.16. The number of hydrogen-bond acceptors (Lipinski definition) is 2. The molecular formula is C14H14BrFN2S. The van der Waals surface area contributed by atoms with E-state index in [4.69, 9.17) is 12.2 Å². The van der Waals surface area contributed by atoms with Crippen LogP contribution in [-0.2, 0) is 5.41 Å². The topological polar surface area (TPSA) is 28.7 Å². The van der Waals surface area contributed by atoms with Crippen molar-refractivity contribution in [3.8, 4) is 11.4 Å². The van der Waals surface area contributed by atoms with Gasteiger partial charge in [-0.25, -0.2) is 9.37 Å². The molecule has 0 amide bonds. The van der Waals surface area contributed by atoms with Crippen molar-refractivity contribution in [1.29, 1.82) is 0 Å². The molecule has 0 saturated carbocycles. The van der Waals surface area contributed by atoms with Gasteiger partial charge in [0.15, 0.2) is 0 Å². The van der Waals surface area contributed by atoms with E-state index < -0.39 is 0 Å². The molecule has 0 radical (unpaired) electrons. The van der Waals surface area contributed by atoms with Crippen LogP contribution in [-0.4, -0.2) is 9.97 Å². The van der Waals surface area contributed by atoms with E-state index >= 15 is 0 Å². The number of hydrogen-bond donors (Lipinski definition) is 1. The highest BCUT2D eigenvalue weighted by Crippen LogP contribution is 2.26. The van der Waals surface area contributed by atoms with Gasteiger partial charge in [-0.1, -0.05) is 33.0 Å². The van der Waals surface area contributed by atoms with Gasteiger partial charge in [-0.2, -0.15) is 0 Å². The van der Waals surface area contributed by atoms with Crippen molar-refractivity contribution in [3.63, 3.8) is 0 Å². The van der Waals surface area contributed by atoms with Gasteiger partial charge < -0.3 is 4.98 Å². The number of H-pyrrole nitrogens is 1. The molecule has 0 aliphatic carbocycles. The molecule has 1 heterocycles. The molecule has 0 fully saturated rings. The molecule has 19 heavy (non-hydrogen) atoms. The fraction of sp³-hybridized carbons (Fsp3) is 0.286. The quantitative estimate of drug-likeness (QED) is 0.739. The molecule has 5 heteroatoms. The smallest absolute Gasteiger partial charge is 0.139 e. The van der Waals surface area contributed by atoms with Crippen molar-refractivity contribution in [1.82, 2.24) is 9.97 Å². The second kappa shape index (κ2) is 5.13. The monoisotopic (exact) mass is 340 g/mol. The number of nitrogens with one attached hydrogen (secondary N) is 1. The lowest BCUT2D eigenvalue weighted by Crippen LogP contribution is -2.14. The van der Waals surface area contributed by atoms with Crippen LogP contribution in [0.3, 0.4) is 0 Å². The molecule has 100 valence electrons. The van der Waals surface area contributed by atoms with Gasteiger partial charge in [-0.3, -0.25) is 0 Å². The minimum absolute atomic E-state index is 0.0531. The van der Waals surface area contributed by atoms with E-state index in [1.807, 2.05) is 6.07 Å². The Morgan fingerprint density at radius 2 is 1.95 bits per heavy atom. The number of halogens is 2. The molecule has 0 aliphatic rings. The summed E-state index contributed by atoms with van der Waals surface area (Å²) in [5, 5.41) is 0. The van der Waals surface area contributed by atoms with Gasteiger partial charge in [0.1, 0.15) is 16.3 Å². The SMILES string of the molecule is CC(C)(C)c1cc(=S)nc(-c2ccc(F)c(Br)c2)[nH]1. The van der Waals surface area contributed by atoms with E-state index in [-0.39, 0.29) is 11.2 Å². The van der Waals surface area contributed by atoms with E-state index in [2.05, 4.69) is 46.7 Å². The van der Waals surface area contributed by atoms with Crippen LogP contribution in [0.2, 0.25) is 0 Å². The molecule has 1 N–H and O–H groups in total. The summed E-state index contributed by atoms with van der Waals surface area (Å²) in [5.41, 5.74) is 1.75. The number of benzene rings is 1. The number of aromatic nitrogens is 2. The van der Waals surface area contributed by atoms with Crippen LogP contribution in [0.1, 0.15) is 26.5 Å². The molecule has 2 nitrogen and oxygen atoms in total. The van der Waals surface area contributed by atoms with Gasteiger partial charge in [0, 0.05) is 16.7 Å². The van der Waals surface area contributed by atoms with Crippen molar-refractivity contribution in [2.24, 2.45) is 0 Å². The predicted molar refractivity (Wildman–Crippen MR) is 81.2 cm³/mol. The Hall–Kier alpha value is -1.07. The Bertz CT molecular complexity index is 674. The van der Waals surface area contributed by atoms with Gasteiger partial charge in [0.05, 0.1) is 4.47 Å². The molecule has 0 aliphatic heterocycles. The molecule has 0 spiro atoms. The van der Waals surface area contributed by atoms with Gasteiger partial charge in [0.2, 0.25) is 0 Å². The molecule has 0 unspecified atom stereocenters. The average molecular weight is 341 g/mol. The van der Waals surface area contributed by atoms with Crippen LogP contribution in [0, 0.1) is 10.5 Å². The highest BCUT2D eigenvalue weighted by atomic mass is 79.9. The second-order valence-corrected chi connectivity index (χ2v) is 6.63. The lowest BCUT2D eigenvalue weighted by Gasteiger charge is -2.19. The Kier molecular flexibility index (Phi) is 3.87. The second-order valence-electron chi connectivity index (χ2n) is 5.36. The summed E-state index contributed by atoms with van der Waals surface area (Å²) in [5.74, 6) is 0.354. The molecule has 0 saturated heterocycles. The van der Waals surface area contributed by atoms with Crippen molar-refractivity contribution >= 4 is 28.1 Å². The van der Waals surface area contributed by atoms with E-state index in [0.717, 1.165) is 11.3 Å². The van der Waals surface area contributed by atoms with E-state index in [1.165, 1.54) is 6.07 Å². The maximum Gasteiger partial charge on any atom is 0.139 e. The van der Waals surface area contributed by atoms with Crippen LogP contribution in [0.4, 0.5) is 4.39 Å². The first kappa shape index (κ1) is 14.3. The van der Waals surface area contributed by atoms with Crippen molar-refractivity contribution in [3.05, 3.63) is 44.9 Å². The summed E-state index contributed by atoms with van der Waals surface area (Å²) >= 11 is 8.37. The Labute approximate surface area is 125 Å². The summed E-state index contributed by atoms with van der Waals surface area (Å²) in [6.45, 7) is 6.29. The van der Waals surface area contributed by atoms with Gasteiger partial charge >= 0.3 is 0 Å². The molecule has 2 aromatic rings. The molecule has 0 bridgehead atoms.